The van der Waals surface area contributed by atoms with Gasteiger partial charge in [-0.3, -0.25) is 4.98 Å². The molecule has 1 aliphatic rings. The minimum Gasteiger partial charge on any atom is -0.313 e. The number of pyridine rings is 1. The average Bonchev–Trinajstić information content (AvgIpc) is 3.22. The molecule has 1 aromatic carbocycles. The fourth-order valence-corrected chi connectivity index (χ4v) is 2.64. The van der Waals surface area contributed by atoms with Gasteiger partial charge in [-0.2, -0.15) is 0 Å². The van der Waals surface area contributed by atoms with Gasteiger partial charge in [0.2, 0.25) is 0 Å². The second kappa shape index (κ2) is 5.90. The maximum atomic E-state index is 4.61. The highest BCUT2D eigenvalue weighted by Crippen LogP contribution is 2.20. The molecule has 20 heavy (non-hydrogen) atoms. The Hall–Kier alpha value is -1.45. The van der Waals surface area contributed by atoms with Gasteiger partial charge in [0.25, 0.3) is 0 Å². The largest absolute Gasteiger partial charge is 0.313 e. The summed E-state index contributed by atoms with van der Waals surface area (Å²) in [7, 11) is 2.19. The fraction of sp³-hybridized carbons (Fsp3) is 0.471. The summed E-state index contributed by atoms with van der Waals surface area (Å²) in [6.45, 7) is 5.23. The lowest BCUT2D eigenvalue weighted by molar-refractivity contribution is 0.325. The summed E-state index contributed by atoms with van der Waals surface area (Å²) in [4.78, 5) is 6.99. The normalized spacial score (nSPS) is 15.2. The van der Waals surface area contributed by atoms with Crippen molar-refractivity contribution in [3.63, 3.8) is 0 Å². The van der Waals surface area contributed by atoms with Gasteiger partial charge in [0, 0.05) is 36.8 Å². The highest BCUT2D eigenvalue weighted by Gasteiger charge is 2.19. The van der Waals surface area contributed by atoms with Crippen LogP contribution in [0.5, 0.6) is 0 Å². The molecule has 2 aromatic rings. The van der Waals surface area contributed by atoms with E-state index in [-0.39, 0.29) is 0 Å². The van der Waals surface area contributed by atoms with Crippen LogP contribution in [0.15, 0.2) is 30.3 Å². The summed E-state index contributed by atoms with van der Waals surface area (Å²) in [5, 5.41) is 4.85. The van der Waals surface area contributed by atoms with Gasteiger partial charge in [-0.05, 0) is 44.5 Å². The van der Waals surface area contributed by atoms with E-state index in [9.17, 15) is 0 Å². The molecule has 0 aliphatic heterocycles. The molecular weight excluding hydrogens is 246 g/mol. The number of aryl methyl sites for hydroxylation is 1. The van der Waals surface area contributed by atoms with E-state index >= 15 is 0 Å². The summed E-state index contributed by atoms with van der Waals surface area (Å²) in [5.74, 6) is 0. The summed E-state index contributed by atoms with van der Waals surface area (Å²) >= 11 is 0. The quantitative estimate of drug-likeness (QED) is 0.874. The van der Waals surface area contributed by atoms with Crippen molar-refractivity contribution in [1.82, 2.24) is 15.2 Å². The van der Waals surface area contributed by atoms with E-state index in [1.54, 1.807) is 0 Å². The van der Waals surface area contributed by atoms with Crippen molar-refractivity contribution in [3.8, 4) is 0 Å². The first-order chi connectivity index (χ1) is 9.72. The Morgan fingerprint density at radius 3 is 2.90 bits per heavy atom. The van der Waals surface area contributed by atoms with Crippen LogP contribution in [0.2, 0.25) is 0 Å². The first-order valence-corrected chi connectivity index (χ1v) is 7.49. The molecule has 0 saturated heterocycles. The zero-order valence-electron chi connectivity index (χ0n) is 12.4. The first-order valence-electron chi connectivity index (χ1n) is 7.49. The number of rotatable bonds is 6. The Morgan fingerprint density at radius 1 is 1.30 bits per heavy atom. The second-order valence-corrected chi connectivity index (χ2v) is 5.91. The number of para-hydroxylation sites is 1. The minimum atomic E-state index is 0.799. The van der Waals surface area contributed by atoms with Crippen LogP contribution in [0, 0.1) is 6.92 Å². The molecule has 1 aliphatic carbocycles. The molecule has 1 saturated carbocycles. The van der Waals surface area contributed by atoms with E-state index in [0.29, 0.717) is 0 Å². The third-order valence-electron chi connectivity index (χ3n) is 3.87. The number of fused-ring (bicyclic) bond motifs is 1. The molecule has 0 unspecified atom stereocenters. The lowest BCUT2D eigenvalue weighted by Gasteiger charge is -2.18. The minimum absolute atomic E-state index is 0.799. The van der Waals surface area contributed by atoms with Gasteiger partial charge in [0.05, 0.1) is 5.52 Å². The highest BCUT2D eigenvalue weighted by molar-refractivity contribution is 5.82. The Morgan fingerprint density at radius 2 is 2.10 bits per heavy atom. The molecule has 3 heteroatoms. The number of likely N-dealkylation sites (N-methyl/N-ethyl adjacent to an activating group) is 1. The number of benzene rings is 1. The van der Waals surface area contributed by atoms with Gasteiger partial charge < -0.3 is 10.2 Å². The number of nitrogens with zero attached hydrogens (tertiary/aromatic N) is 2. The molecule has 106 valence electrons. The second-order valence-electron chi connectivity index (χ2n) is 5.91. The topological polar surface area (TPSA) is 28.2 Å². The molecule has 3 nitrogen and oxygen atoms in total. The zero-order chi connectivity index (χ0) is 13.9. The predicted molar refractivity (Wildman–Crippen MR) is 83.8 cm³/mol. The summed E-state index contributed by atoms with van der Waals surface area (Å²) in [6.07, 6.45) is 2.72. The van der Waals surface area contributed by atoms with Crippen molar-refractivity contribution in [2.45, 2.75) is 32.4 Å². The predicted octanol–water partition coefficient (Wildman–Crippen LogP) is 2.73. The monoisotopic (exact) mass is 269 g/mol. The third kappa shape index (κ3) is 3.35. The molecule has 0 atom stereocenters. The molecule has 0 spiro atoms. The molecule has 1 aromatic heterocycles. The van der Waals surface area contributed by atoms with Crippen LogP contribution in [0.3, 0.4) is 0 Å². The van der Waals surface area contributed by atoms with E-state index < -0.39 is 0 Å². The van der Waals surface area contributed by atoms with Crippen LogP contribution in [0.1, 0.15) is 24.1 Å². The van der Waals surface area contributed by atoms with E-state index in [1.807, 2.05) is 0 Å². The molecule has 1 heterocycles. The molecule has 1 fully saturated rings. The Bertz CT molecular complexity index is 590. The van der Waals surface area contributed by atoms with Gasteiger partial charge in [0.1, 0.15) is 0 Å². The number of aromatic nitrogens is 1. The number of nitrogens with one attached hydrogen (secondary N) is 1. The van der Waals surface area contributed by atoms with E-state index in [1.165, 1.54) is 23.8 Å². The lowest BCUT2D eigenvalue weighted by Crippen LogP contribution is -2.30. The fourth-order valence-electron chi connectivity index (χ4n) is 2.64. The summed E-state index contributed by atoms with van der Waals surface area (Å²) < 4.78 is 0. The molecule has 0 bridgehead atoms. The van der Waals surface area contributed by atoms with Gasteiger partial charge in [-0.15, -0.1) is 0 Å². The van der Waals surface area contributed by atoms with Crippen molar-refractivity contribution in [3.05, 3.63) is 41.6 Å². The van der Waals surface area contributed by atoms with Crippen LogP contribution >= 0.6 is 0 Å². The summed E-state index contributed by atoms with van der Waals surface area (Å²) in [6, 6.07) is 11.4. The maximum absolute atomic E-state index is 4.61. The Kier molecular flexibility index (Phi) is 3.99. The standard InChI is InChI=1S/C17H23N3/c1-13-11-14(16-5-3-4-6-17(16)19-13)12-20(2)10-9-18-15-7-8-15/h3-6,11,15,18H,7-10,12H2,1-2H3. The van der Waals surface area contributed by atoms with Crippen molar-refractivity contribution < 1.29 is 0 Å². The van der Waals surface area contributed by atoms with Crippen molar-refractivity contribution in [2.24, 2.45) is 0 Å². The molecular formula is C17H23N3. The van der Waals surface area contributed by atoms with Crippen LogP contribution in [0.25, 0.3) is 10.9 Å². The van der Waals surface area contributed by atoms with E-state index in [2.05, 4.69) is 59.5 Å². The number of hydrogen-bond donors (Lipinski definition) is 1. The molecule has 3 rings (SSSR count). The van der Waals surface area contributed by atoms with Gasteiger partial charge in [-0.1, -0.05) is 18.2 Å². The molecule has 0 radical (unpaired) electrons. The van der Waals surface area contributed by atoms with Gasteiger partial charge in [0.15, 0.2) is 0 Å². The third-order valence-corrected chi connectivity index (χ3v) is 3.87. The van der Waals surface area contributed by atoms with E-state index in [0.717, 1.165) is 36.9 Å². The van der Waals surface area contributed by atoms with Crippen LogP contribution in [-0.2, 0) is 6.54 Å². The Balaban J connectivity index is 1.68. The van der Waals surface area contributed by atoms with Crippen LogP contribution in [0.4, 0.5) is 0 Å². The lowest BCUT2D eigenvalue weighted by atomic mass is 10.1. The highest BCUT2D eigenvalue weighted by atomic mass is 15.1. The van der Waals surface area contributed by atoms with E-state index in [4.69, 9.17) is 0 Å². The molecule has 1 N–H and O–H groups in total. The zero-order valence-corrected chi connectivity index (χ0v) is 12.4. The first kappa shape index (κ1) is 13.5. The average molecular weight is 269 g/mol. The van der Waals surface area contributed by atoms with Crippen LogP contribution < -0.4 is 5.32 Å². The van der Waals surface area contributed by atoms with Crippen LogP contribution in [-0.4, -0.2) is 36.1 Å². The molecule has 0 amide bonds. The summed E-state index contributed by atoms with van der Waals surface area (Å²) in [5.41, 5.74) is 3.58. The van der Waals surface area contributed by atoms with Crippen molar-refractivity contribution in [1.29, 1.82) is 0 Å². The SMILES string of the molecule is Cc1cc(CN(C)CCNC2CC2)c2ccccc2n1. The maximum Gasteiger partial charge on any atom is 0.0708 e. The van der Waals surface area contributed by atoms with Gasteiger partial charge >= 0.3 is 0 Å². The number of hydrogen-bond acceptors (Lipinski definition) is 3. The smallest absolute Gasteiger partial charge is 0.0708 e. The van der Waals surface area contributed by atoms with Crippen molar-refractivity contribution in [2.75, 3.05) is 20.1 Å². The Labute approximate surface area is 121 Å². The van der Waals surface area contributed by atoms with Gasteiger partial charge in [-0.25, -0.2) is 0 Å². The van der Waals surface area contributed by atoms with Crippen molar-refractivity contribution >= 4 is 10.9 Å².